The number of anilines is 1. The maximum Gasteiger partial charge on any atom is 0.234 e. The summed E-state index contributed by atoms with van der Waals surface area (Å²) in [5.74, 6) is -0.0268. The van der Waals surface area contributed by atoms with Crippen molar-refractivity contribution in [1.82, 2.24) is 15.1 Å². The molecule has 0 unspecified atom stereocenters. The molecule has 2 rings (SSSR count). The first kappa shape index (κ1) is 19.6. The van der Waals surface area contributed by atoms with Crippen molar-refractivity contribution in [2.45, 2.75) is 6.42 Å². The first-order chi connectivity index (χ1) is 12.6. The monoisotopic (exact) mass is 355 g/mol. The molecule has 0 atom stereocenters. The molecule has 1 aromatic rings. The summed E-state index contributed by atoms with van der Waals surface area (Å²) in [7, 11) is 0. The maximum atomic E-state index is 12.0. The van der Waals surface area contributed by atoms with Crippen LogP contribution in [0.2, 0.25) is 0 Å². The quantitative estimate of drug-likeness (QED) is 0.674. The second kappa shape index (κ2) is 10.3. The van der Waals surface area contributed by atoms with Crippen molar-refractivity contribution < 1.29 is 9.59 Å². The van der Waals surface area contributed by atoms with Gasteiger partial charge in [0.15, 0.2) is 0 Å². The van der Waals surface area contributed by atoms with Gasteiger partial charge in [-0.1, -0.05) is 6.08 Å². The van der Waals surface area contributed by atoms with Crippen molar-refractivity contribution in [3.63, 3.8) is 0 Å². The Hall–Kier alpha value is -2.69. The average Bonchev–Trinajstić information content (AvgIpc) is 2.66. The van der Waals surface area contributed by atoms with Crippen molar-refractivity contribution in [1.29, 1.82) is 5.26 Å². The van der Waals surface area contributed by atoms with E-state index in [9.17, 15) is 9.59 Å². The number of nitrogens with one attached hydrogen (secondary N) is 2. The predicted molar refractivity (Wildman–Crippen MR) is 100 cm³/mol. The van der Waals surface area contributed by atoms with Crippen LogP contribution in [0.15, 0.2) is 36.9 Å². The molecule has 0 aromatic heterocycles. The Morgan fingerprint density at radius 3 is 2.38 bits per heavy atom. The van der Waals surface area contributed by atoms with E-state index in [2.05, 4.69) is 27.0 Å². The Morgan fingerprint density at radius 1 is 1.12 bits per heavy atom. The molecule has 0 radical (unpaired) electrons. The summed E-state index contributed by atoms with van der Waals surface area (Å²) in [6.07, 6.45) is 2.08. The van der Waals surface area contributed by atoms with Gasteiger partial charge in [0.2, 0.25) is 11.8 Å². The Kier molecular flexibility index (Phi) is 7.80. The molecular weight excluding hydrogens is 330 g/mol. The Bertz CT molecular complexity index is 658. The number of hydrogen-bond acceptors (Lipinski definition) is 5. The molecule has 7 nitrogen and oxygen atoms in total. The van der Waals surface area contributed by atoms with Crippen molar-refractivity contribution in [3.05, 3.63) is 42.5 Å². The smallest absolute Gasteiger partial charge is 0.234 e. The van der Waals surface area contributed by atoms with Gasteiger partial charge >= 0.3 is 0 Å². The van der Waals surface area contributed by atoms with E-state index in [-0.39, 0.29) is 11.8 Å². The normalized spacial score (nSPS) is 15.0. The molecule has 0 saturated carbocycles. The maximum absolute atomic E-state index is 12.0. The molecule has 1 saturated heterocycles. The van der Waals surface area contributed by atoms with E-state index in [0.717, 1.165) is 26.2 Å². The minimum atomic E-state index is -0.0408. The van der Waals surface area contributed by atoms with Crippen LogP contribution in [-0.2, 0) is 9.59 Å². The lowest BCUT2D eigenvalue weighted by Crippen LogP contribution is -2.49. The van der Waals surface area contributed by atoms with Crippen molar-refractivity contribution in [2.24, 2.45) is 0 Å². The lowest BCUT2D eigenvalue weighted by atomic mass is 10.2. The molecule has 2 N–H and O–H groups in total. The van der Waals surface area contributed by atoms with Crippen LogP contribution in [0.3, 0.4) is 0 Å². The van der Waals surface area contributed by atoms with E-state index in [1.165, 1.54) is 0 Å². The number of nitriles is 1. The fourth-order valence-electron chi connectivity index (χ4n) is 2.73. The molecule has 1 aliphatic heterocycles. The van der Waals surface area contributed by atoms with Gasteiger partial charge in [0.1, 0.15) is 0 Å². The van der Waals surface area contributed by atoms with E-state index >= 15 is 0 Å². The molecule has 0 bridgehead atoms. The fraction of sp³-hybridized carbons (Fsp3) is 0.421. The Labute approximate surface area is 154 Å². The van der Waals surface area contributed by atoms with Crippen LogP contribution in [0.4, 0.5) is 5.69 Å². The van der Waals surface area contributed by atoms with Gasteiger partial charge in [-0.2, -0.15) is 5.26 Å². The van der Waals surface area contributed by atoms with Crippen molar-refractivity contribution in [2.75, 3.05) is 51.1 Å². The predicted octanol–water partition coefficient (Wildman–Crippen LogP) is 0.807. The zero-order chi connectivity index (χ0) is 18.8. The Balaban J connectivity index is 1.64. The van der Waals surface area contributed by atoms with Gasteiger partial charge in [0.05, 0.1) is 18.2 Å². The summed E-state index contributed by atoms with van der Waals surface area (Å²) < 4.78 is 0. The molecule has 0 aliphatic carbocycles. The number of rotatable bonds is 8. The zero-order valence-corrected chi connectivity index (χ0v) is 14.9. The zero-order valence-electron chi connectivity index (χ0n) is 14.9. The van der Waals surface area contributed by atoms with E-state index in [1.54, 1.807) is 30.3 Å². The molecule has 1 heterocycles. The van der Waals surface area contributed by atoms with Crippen LogP contribution in [0.25, 0.3) is 0 Å². The highest BCUT2D eigenvalue weighted by atomic mass is 16.2. The molecule has 138 valence electrons. The van der Waals surface area contributed by atoms with Crippen molar-refractivity contribution >= 4 is 17.5 Å². The third-order valence-electron chi connectivity index (χ3n) is 4.23. The van der Waals surface area contributed by atoms with Gasteiger partial charge in [0.25, 0.3) is 0 Å². The van der Waals surface area contributed by atoms with Gasteiger partial charge in [-0.15, -0.1) is 6.58 Å². The first-order valence-corrected chi connectivity index (χ1v) is 8.73. The van der Waals surface area contributed by atoms with E-state index < -0.39 is 0 Å². The molecule has 7 heteroatoms. The van der Waals surface area contributed by atoms with E-state index in [4.69, 9.17) is 5.26 Å². The second-order valence-corrected chi connectivity index (χ2v) is 6.20. The van der Waals surface area contributed by atoms with E-state index in [1.807, 2.05) is 6.07 Å². The SMILES string of the molecule is C=CCNC(=O)CN1CCN(CCC(=O)Nc2ccc(C#N)cc2)CC1. The molecule has 0 spiro atoms. The minimum absolute atomic E-state index is 0.0140. The van der Waals surface area contributed by atoms with Gasteiger partial charge in [-0.3, -0.25) is 14.5 Å². The minimum Gasteiger partial charge on any atom is -0.352 e. The standard InChI is InChI=1S/C19H25N5O2/c1-2-8-21-19(26)15-24-12-10-23(11-13-24)9-7-18(25)22-17-5-3-16(14-20)4-6-17/h2-6H,1,7-13,15H2,(H,21,26)(H,22,25). The van der Waals surface area contributed by atoms with Crippen LogP contribution in [0.5, 0.6) is 0 Å². The largest absolute Gasteiger partial charge is 0.352 e. The summed E-state index contributed by atoms with van der Waals surface area (Å²) in [6.45, 7) is 8.50. The highest BCUT2D eigenvalue weighted by Gasteiger charge is 2.19. The molecule has 1 fully saturated rings. The van der Waals surface area contributed by atoms with Gasteiger partial charge in [0, 0.05) is 51.4 Å². The fourth-order valence-corrected chi connectivity index (χ4v) is 2.73. The van der Waals surface area contributed by atoms with Gasteiger partial charge in [-0.05, 0) is 24.3 Å². The summed E-state index contributed by atoms with van der Waals surface area (Å²) in [6, 6.07) is 8.87. The molecule has 2 amide bonds. The van der Waals surface area contributed by atoms with Crippen LogP contribution in [0.1, 0.15) is 12.0 Å². The number of nitrogens with zero attached hydrogens (tertiary/aromatic N) is 3. The summed E-state index contributed by atoms with van der Waals surface area (Å²) in [5, 5.41) is 14.4. The van der Waals surface area contributed by atoms with Crippen LogP contribution in [-0.4, -0.2) is 67.4 Å². The van der Waals surface area contributed by atoms with Crippen molar-refractivity contribution in [3.8, 4) is 6.07 Å². The average molecular weight is 355 g/mol. The highest BCUT2D eigenvalue weighted by Crippen LogP contribution is 2.09. The third-order valence-corrected chi connectivity index (χ3v) is 4.23. The summed E-state index contributed by atoms with van der Waals surface area (Å²) >= 11 is 0. The Morgan fingerprint density at radius 2 is 1.77 bits per heavy atom. The van der Waals surface area contributed by atoms with Crippen LogP contribution < -0.4 is 10.6 Å². The van der Waals surface area contributed by atoms with E-state index in [0.29, 0.717) is 37.3 Å². The number of hydrogen-bond donors (Lipinski definition) is 2. The lowest BCUT2D eigenvalue weighted by molar-refractivity contribution is -0.122. The van der Waals surface area contributed by atoms with Gasteiger partial charge < -0.3 is 15.5 Å². The topological polar surface area (TPSA) is 88.5 Å². The second-order valence-electron chi connectivity index (χ2n) is 6.20. The van der Waals surface area contributed by atoms with Crippen LogP contribution in [0, 0.1) is 11.3 Å². The number of carbonyl (C=O) groups is 2. The molecule has 1 aliphatic rings. The number of carbonyl (C=O) groups excluding carboxylic acids is 2. The molecular formula is C19H25N5O2. The summed E-state index contributed by atoms with van der Waals surface area (Å²) in [4.78, 5) is 28.1. The number of benzene rings is 1. The summed E-state index contributed by atoms with van der Waals surface area (Å²) in [5.41, 5.74) is 1.27. The van der Waals surface area contributed by atoms with Crippen LogP contribution >= 0.6 is 0 Å². The van der Waals surface area contributed by atoms with Gasteiger partial charge in [-0.25, -0.2) is 0 Å². The molecule has 26 heavy (non-hydrogen) atoms. The third kappa shape index (κ3) is 6.67. The highest BCUT2D eigenvalue weighted by molar-refractivity contribution is 5.90. The first-order valence-electron chi connectivity index (χ1n) is 8.73. The number of amides is 2. The molecule has 1 aromatic carbocycles. The lowest BCUT2D eigenvalue weighted by Gasteiger charge is -2.34. The number of piperazine rings is 1.